The molecule has 100 valence electrons. The molecule has 0 aliphatic carbocycles. The SMILES string of the molecule is CC(c1cccs1)N(C)C(=O)C(C)(C)C(N)=NO. The predicted octanol–water partition coefficient (Wildman–Crippen LogP) is 2.04. The molecule has 1 aromatic rings. The predicted molar refractivity (Wildman–Crippen MR) is 72.7 cm³/mol. The van der Waals surface area contributed by atoms with Crippen LogP contribution in [0.5, 0.6) is 0 Å². The number of amides is 1. The fraction of sp³-hybridized carbons (Fsp3) is 0.500. The monoisotopic (exact) mass is 269 g/mol. The summed E-state index contributed by atoms with van der Waals surface area (Å²) in [5.74, 6) is -0.267. The van der Waals surface area contributed by atoms with E-state index >= 15 is 0 Å². The lowest BCUT2D eigenvalue weighted by atomic mass is 9.90. The van der Waals surface area contributed by atoms with Crippen molar-refractivity contribution in [3.63, 3.8) is 0 Å². The van der Waals surface area contributed by atoms with Crippen LogP contribution in [0.1, 0.15) is 31.7 Å². The smallest absolute Gasteiger partial charge is 0.236 e. The van der Waals surface area contributed by atoms with Crippen molar-refractivity contribution in [3.05, 3.63) is 22.4 Å². The lowest BCUT2D eigenvalue weighted by Crippen LogP contribution is -2.47. The number of amidine groups is 1. The Kier molecular flexibility index (Phi) is 4.34. The highest BCUT2D eigenvalue weighted by atomic mass is 32.1. The van der Waals surface area contributed by atoms with Crippen LogP contribution in [0.3, 0.4) is 0 Å². The minimum Gasteiger partial charge on any atom is -0.409 e. The average Bonchev–Trinajstić information content (AvgIpc) is 2.88. The molecule has 1 heterocycles. The molecule has 6 heteroatoms. The topological polar surface area (TPSA) is 78.9 Å². The number of hydrogen-bond donors (Lipinski definition) is 2. The summed E-state index contributed by atoms with van der Waals surface area (Å²) < 4.78 is 0. The standard InChI is InChI=1S/C12H19N3O2S/c1-8(9-6-5-7-18-9)15(4)11(16)12(2,3)10(13)14-17/h5-8,17H,1-4H3,(H2,13,14). The summed E-state index contributed by atoms with van der Waals surface area (Å²) in [6, 6.07) is 3.89. The van der Waals surface area contributed by atoms with E-state index in [0.29, 0.717) is 0 Å². The number of thiophene rings is 1. The van der Waals surface area contributed by atoms with Crippen LogP contribution in [-0.4, -0.2) is 28.9 Å². The Bertz CT molecular complexity index is 440. The van der Waals surface area contributed by atoms with Crippen LogP contribution in [0, 0.1) is 5.41 Å². The van der Waals surface area contributed by atoms with Gasteiger partial charge in [-0.05, 0) is 32.2 Å². The van der Waals surface area contributed by atoms with Crippen LogP contribution < -0.4 is 5.73 Å². The first-order valence-corrected chi connectivity index (χ1v) is 6.49. The van der Waals surface area contributed by atoms with Crippen LogP contribution in [0.25, 0.3) is 0 Å². The summed E-state index contributed by atoms with van der Waals surface area (Å²) in [6.45, 7) is 5.23. The molecule has 1 atom stereocenters. The molecule has 18 heavy (non-hydrogen) atoms. The number of nitrogens with two attached hydrogens (primary N) is 1. The largest absolute Gasteiger partial charge is 0.409 e. The quantitative estimate of drug-likeness (QED) is 0.380. The van der Waals surface area contributed by atoms with Crippen LogP contribution in [0.15, 0.2) is 22.7 Å². The van der Waals surface area contributed by atoms with E-state index in [-0.39, 0.29) is 17.8 Å². The molecular formula is C12H19N3O2S. The molecule has 0 saturated carbocycles. The molecule has 0 radical (unpaired) electrons. The third-order valence-electron chi connectivity index (χ3n) is 3.14. The molecule has 0 aliphatic heterocycles. The van der Waals surface area contributed by atoms with Crippen molar-refractivity contribution < 1.29 is 10.0 Å². The van der Waals surface area contributed by atoms with Gasteiger partial charge < -0.3 is 15.8 Å². The maximum absolute atomic E-state index is 12.4. The van der Waals surface area contributed by atoms with E-state index in [1.54, 1.807) is 37.1 Å². The van der Waals surface area contributed by atoms with Crippen molar-refractivity contribution in [2.24, 2.45) is 16.3 Å². The van der Waals surface area contributed by atoms with Crippen LogP contribution in [0.4, 0.5) is 0 Å². The molecule has 0 aliphatic rings. The van der Waals surface area contributed by atoms with Crippen molar-refractivity contribution in [1.29, 1.82) is 0 Å². The zero-order valence-electron chi connectivity index (χ0n) is 11.0. The zero-order chi connectivity index (χ0) is 13.9. The molecule has 5 nitrogen and oxygen atoms in total. The molecule has 1 rings (SSSR count). The summed E-state index contributed by atoms with van der Waals surface area (Å²) in [4.78, 5) is 15.1. The van der Waals surface area contributed by atoms with Gasteiger partial charge in [0, 0.05) is 11.9 Å². The van der Waals surface area contributed by atoms with Crippen molar-refractivity contribution in [2.45, 2.75) is 26.8 Å². The highest BCUT2D eigenvalue weighted by Crippen LogP contribution is 2.28. The highest BCUT2D eigenvalue weighted by molar-refractivity contribution is 7.10. The Morgan fingerprint density at radius 2 is 2.22 bits per heavy atom. The third-order valence-corrected chi connectivity index (χ3v) is 4.18. The van der Waals surface area contributed by atoms with Gasteiger partial charge in [0.1, 0.15) is 5.41 Å². The van der Waals surface area contributed by atoms with E-state index < -0.39 is 5.41 Å². The third kappa shape index (κ3) is 2.64. The van der Waals surface area contributed by atoms with Gasteiger partial charge >= 0.3 is 0 Å². The zero-order valence-corrected chi connectivity index (χ0v) is 11.9. The van der Waals surface area contributed by atoms with Crippen molar-refractivity contribution in [2.75, 3.05) is 7.05 Å². The number of carbonyl (C=O) groups is 1. The fourth-order valence-electron chi connectivity index (χ4n) is 1.57. The van der Waals surface area contributed by atoms with Gasteiger partial charge in [-0.25, -0.2) is 0 Å². The molecular weight excluding hydrogens is 250 g/mol. The van der Waals surface area contributed by atoms with E-state index in [1.807, 2.05) is 24.4 Å². The molecule has 1 aromatic heterocycles. The lowest BCUT2D eigenvalue weighted by molar-refractivity contribution is -0.137. The number of carbonyl (C=O) groups excluding carboxylic acids is 1. The summed E-state index contributed by atoms with van der Waals surface area (Å²) in [5, 5.41) is 13.6. The maximum Gasteiger partial charge on any atom is 0.236 e. The van der Waals surface area contributed by atoms with Gasteiger partial charge in [-0.1, -0.05) is 11.2 Å². The molecule has 0 saturated heterocycles. The lowest BCUT2D eigenvalue weighted by Gasteiger charge is -2.31. The normalized spacial score (nSPS) is 14.3. The Morgan fingerprint density at radius 1 is 1.61 bits per heavy atom. The first-order valence-electron chi connectivity index (χ1n) is 5.61. The Balaban J connectivity index is 2.91. The Hall–Kier alpha value is -1.56. The Morgan fingerprint density at radius 3 is 2.67 bits per heavy atom. The van der Waals surface area contributed by atoms with Crippen molar-refractivity contribution in [1.82, 2.24) is 4.90 Å². The number of rotatable bonds is 4. The minimum atomic E-state index is -1.02. The summed E-state index contributed by atoms with van der Waals surface area (Å²) in [7, 11) is 1.72. The van der Waals surface area contributed by atoms with Gasteiger partial charge in [-0.2, -0.15) is 0 Å². The van der Waals surface area contributed by atoms with Gasteiger partial charge in [0.05, 0.1) is 6.04 Å². The molecule has 1 amide bonds. The second-order valence-electron chi connectivity index (χ2n) is 4.72. The minimum absolute atomic E-state index is 0.0386. The van der Waals surface area contributed by atoms with Crippen LogP contribution in [0.2, 0.25) is 0 Å². The van der Waals surface area contributed by atoms with Gasteiger partial charge in [0.15, 0.2) is 5.84 Å². The van der Waals surface area contributed by atoms with Gasteiger partial charge in [0.2, 0.25) is 5.91 Å². The van der Waals surface area contributed by atoms with E-state index in [4.69, 9.17) is 10.9 Å². The first-order chi connectivity index (χ1) is 8.32. The van der Waals surface area contributed by atoms with Crippen LogP contribution in [-0.2, 0) is 4.79 Å². The summed E-state index contributed by atoms with van der Waals surface area (Å²) in [6.07, 6.45) is 0. The first kappa shape index (κ1) is 14.5. The molecule has 1 unspecified atom stereocenters. The average molecular weight is 269 g/mol. The summed E-state index contributed by atoms with van der Waals surface area (Å²) in [5.41, 5.74) is 4.54. The van der Waals surface area contributed by atoms with E-state index in [9.17, 15) is 4.79 Å². The Labute approximate surface area is 111 Å². The van der Waals surface area contributed by atoms with Gasteiger partial charge in [-0.3, -0.25) is 4.79 Å². The maximum atomic E-state index is 12.4. The molecule has 3 N–H and O–H groups in total. The van der Waals surface area contributed by atoms with Crippen molar-refractivity contribution in [3.8, 4) is 0 Å². The number of hydrogen-bond acceptors (Lipinski definition) is 4. The fourth-order valence-corrected chi connectivity index (χ4v) is 2.40. The van der Waals surface area contributed by atoms with E-state index in [0.717, 1.165) is 4.88 Å². The second kappa shape index (κ2) is 5.39. The summed E-state index contributed by atoms with van der Waals surface area (Å²) >= 11 is 1.60. The van der Waals surface area contributed by atoms with Crippen molar-refractivity contribution >= 4 is 23.1 Å². The van der Waals surface area contributed by atoms with E-state index in [2.05, 4.69) is 5.16 Å². The molecule has 0 aromatic carbocycles. The van der Waals surface area contributed by atoms with E-state index in [1.165, 1.54) is 0 Å². The van der Waals surface area contributed by atoms with Gasteiger partial charge in [-0.15, -0.1) is 11.3 Å². The molecule has 0 bridgehead atoms. The highest BCUT2D eigenvalue weighted by Gasteiger charge is 2.37. The second-order valence-corrected chi connectivity index (χ2v) is 5.70. The molecule has 0 spiro atoms. The van der Waals surface area contributed by atoms with Crippen LogP contribution >= 0.6 is 11.3 Å². The van der Waals surface area contributed by atoms with Gasteiger partial charge in [0.25, 0.3) is 0 Å². The number of nitrogens with zero attached hydrogens (tertiary/aromatic N) is 2. The number of oxime groups is 1. The molecule has 0 fully saturated rings.